The van der Waals surface area contributed by atoms with Crippen LogP contribution in [-0.2, 0) is 23.7 Å². The normalized spacial score (nSPS) is 16.5. The van der Waals surface area contributed by atoms with Gasteiger partial charge in [0.25, 0.3) is 0 Å². The minimum Gasteiger partial charge on any atom is -0.465 e. The van der Waals surface area contributed by atoms with Gasteiger partial charge in [-0.15, -0.1) is 6.58 Å². The van der Waals surface area contributed by atoms with E-state index in [0.717, 1.165) is 0 Å². The van der Waals surface area contributed by atoms with E-state index in [9.17, 15) is 4.79 Å². The minimum atomic E-state index is -1.14. The third-order valence-electron chi connectivity index (χ3n) is 3.18. The highest BCUT2D eigenvalue weighted by atomic mass is 16.6. The molecular weight excluding hydrogens is 294 g/mol. The van der Waals surface area contributed by atoms with Crippen LogP contribution in [0.2, 0.25) is 0 Å². The summed E-state index contributed by atoms with van der Waals surface area (Å²) in [6, 6.07) is 0. The largest absolute Gasteiger partial charge is 0.465 e. The van der Waals surface area contributed by atoms with E-state index in [4.69, 9.17) is 28.8 Å². The maximum absolute atomic E-state index is 10.6. The second-order valence-electron chi connectivity index (χ2n) is 4.46. The second-order valence-corrected chi connectivity index (χ2v) is 4.46. The highest BCUT2D eigenvalue weighted by Crippen LogP contribution is 2.16. The Labute approximate surface area is 131 Å². The molecule has 0 saturated carbocycles. The van der Waals surface area contributed by atoms with E-state index in [1.165, 1.54) is 28.4 Å². The van der Waals surface area contributed by atoms with Gasteiger partial charge in [0.05, 0.1) is 13.2 Å². The number of methoxy groups -OCH3 is 4. The number of carboxylic acid groups (broad SMARTS) is 1. The predicted octanol–water partition coefficient (Wildman–Crippen LogP) is 0.517. The predicted molar refractivity (Wildman–Crippen MR) is 80.2 cm³/mol. The fourth-order valence-electron chi connectivity index (χ4n) is 2.08. The van der Waals surface area contributed by atoms with E-state index in [1.807, 2.05) is 0 Å². The van der Waals surface area contributed by atoms with Gasteiger partial charge in [-0.3, -0.25) is 0 Å². The van der Waals surface area contributed by atoms with Gasteiger partial charge in [-0.25, -0.2) is 4.79 Å². The minimum absolute atomic E-state index is 0.0636. The lowest BCUT2D eigenvalue weighted by molar-refractivity contribution is -0.158. The van der Waals surface area contributed by atoms with Crippen molar-refractivity contribution < 1.29 is 33.6 Å². The number of rotatable bonds is 13. The molecule has 8 nitrogen and oxygen atoms in total. The molecule has 130 valence electrons. The fourth-order valence-corrected chi connectivity index (χ4v) is 2.08. The van der Waals surface area contributed by atoms with Crippen LogP contribution in [0.1, 0.15) is 0 Å². The van der Waals surface area contributed by atoms with Gasteiger partial charge in [0.1, 0.15) is 24.4 Å². The molecule has 0 unspecified atom stereocenters. The van der Waals surface area contributed by atoms with Crippen molar-refractivity contribution in [3.8, 4) is 0 Å². The highest BCUT2D eigenvalue weighted by Gasteiger charge is 2.36. The molecule has 0 aromatic rings. The average Bonchev–Trinajstić information content (AvgIpc) is 2.51. The van der Waals surface area contributed by atoms with Crippen molar-refractivity contribution in [2.45, 2.75) is 24.4 Å². The molecule has 0 aromatic heterocycles. The number of ether oxygens (including phenoxy) is 5. The summed E-state index contributed by atoms with van der Waals surface area (Å²) < 4.78 is 27.0. The zero-order chi connectivity index (χ0) is 17.0. The molecule has 4 atom stereocenters. The molecule has 0 spiro atoms. The molecule has 1 amide bonds. The van der Waals surface area contributed by atoms with E-state index in [1.54, 1.807) is 6.08 Å². The maximum Gasteiger partial charge on any atom is 0.404 e. The lowest BCUT2D eigenvalue weighted by Crippen LogP contribution is -2.52. The van der Waals surface area contributed by atoms with Gasteiger partial charge in [0, 0.05) is 35.0 Å². The molecule has 0 rings (SSSR count). The monoisotopic (exact) mass is 321 g/mol. The van der Waals surface area contributed by atoms with Crippen LogP contribution in [-0.4, -0.2) is 83.8 Å². The number of hydrogen-bond acceptors (Lipinski definition) is 6. The van der Waals surface area contributed by atoms with Gasteiger partial charge in [0.15, 0.2) is 0 Å². The standard InChI is InChI=1S/C14H27NO7/c1-6-7-22-9-11(19-3)13(21-5)12(20-4)10(18-2)8-15-14(16)17/h6,10-13,15H,1,7-9H2,2-5H3,(H,16,17)/t10-,11+,12+,13+/m0/s1. The third kappa shape index (κ3) is 7.19. The lowest BCUT2D eigenvalue weighted by Gasteiger charge is -2.34. The first kappa shape index (κ1) is 20.8. The third-order valence-corrected chi connectivity index (χ3v) is 3.18. The quantitative estimate of drug-likeness (QED) is 0.377. The smallest absolute Gasteiger partial charge is 0.404 e. The molecule has 22 heavy (non-hydrogen) atoms. The van der Waals surface area contributed by atoms with Gasteiger partial charge in [-0.1, -0.05) is 6.08 Å². The topological polar surface area (TPSA) is 95.5 Å². The summed E-state index contributed by atoms with van der Waals surface area (Å²) in [5.74, 6) is 0. The molecule has 0 saturated heterocycles. The highest BCUT2D eigenvalue weighted by molar-refractivity contribution is 5.64. The van der Waals surface area contributed by atoms with Crippen molar-refractivity contribution in [1.29, 1.82) is 0 Å². The Morgan fingerprint density at radius 3 is 2.05 bits per heavy atom. The molecule has 0 aliphatic carbocycles. The summed E-state index contributed by atoms with van der Waals surface area (Å²) in [5, 5.41) is 11.0. The first-order valence-corrected chi connectivity index (χ1v) is 6.82. The van der Waals surface area contributed by atoms with E-state index in [-0.39, 0.29) is 13.2 Å². The Bertz CT molecular complexity index is 314. The molecule has 8 heteroatoms. The van der Waals surface area contributed by atoms with Gasteiger partial charge >= 0.3 is 6.09 Å². The van der Waals surface area contributed by atoms with E-state index in [0.29, 0.717) is 6.61 Å². The molecule has 0 radical (unpaired) electrons. The summed E-state index contributed by atoms with van der Waals surface area (Å²) in [5.41, 5.74) is 0. The molecule has 0 aliphatic rings. The van der Waals surface area contributed by atoms with Crippen LogP contribution < -0.4 is 5.32 Å². The van der Waals surface area contributed by atoms with E-state index >= 15 is 0 Å². The van der Waals surface area contributed by atoms with Crippen molar-refractivity contribution in [3.05, 3.63) is 12.7 Å². The number of carbonyl (C=O) groups is 1. The SMILES string of the molecule is C=CCOC[C@@H](OC)[C@@H](OC)[C@H](OC)[C@H](CNC(=O)O)OC. The van der Waals surface area contributed by atoms with Crippen LogP contribution in [0.5, 0.6) is 0 Å². The number of hydrogen-bond donors (Lipinski definition) is 2. The first-order chi connectivity index (χ1) is 10.5. The van der Waals surface area contributed by atoms with Crippen molar-refractivity contribution in [2.75, 3.05) is 48.2 Å². The summed E-state index contributed by atoms with van der Waals surface area (Å²) >= 11 is 0. The van der Waals surface area contributed by atoms with Gasteiger partial charge < -0.3 is 34.1 Å². The molecule has 2 N–H and O–H groups in total. The fraction of sp³-hybridized carbons (Fsp3) is 0.786. The van der Waals surface area contributed by atoms with Crippen molar-refractivity contribution in [2.24, 2.45) is 0 Å². The van der Waals surface area contributed by atoms with Crippen LogP contribution in [0.4, 0.5) is 4.79 Å². The Morgan fingerprint density at radius 1 is 1.09 bits per heavy atom. The van der Waals surface area contributed by atoms with E-state index in [2.05, 4.69) is 11.9 Å². The maximum atomic E-state index is 10.6. The average molecular weight is 321 g/mol. The van der Waals surface area contributed by atoms with E-state index < -0.39 is 30.5 Å². The van der Waals surface area contributed by atoms with Gasteiger partial charge in [-0.05, 0) is 0 Å². The summed E-state index contributed by atoms with van der Waals surface area (Å²) in [6.45, 7) is 4.31. The molecular formula is C14H27NO7. The number of amides is 1. The summed E-state index contributed by atoms with van der Waals surface area (Å²) in [7, 11) is 6.04. The van der Waals surface area contributed by atoms with Gasteiger partial charge in [-0.2, -0.15) is 0 Å². The Hall–Kier alpha value is -1.19. The molecule has 0 heterocycles. The molecule has 0 bridgehead atoms. The van der Waals surface area contributed by atoms with Crippen LogP contribution in [0.25, 0.3) is 0 Å². The molecule has 0 fully saturated rings. The van der Waals surface area contributed by atoms with Crippen molar-refractivity contribution in [1.82, 2.24) is 5.32 Å². The Morgan fingerprint density at radius 2 is 1.64 bits per heavy atom. The summed E-state index contributed by atoms with van der Waals surface area (Å²) in [4.78, 5) is 10.6. The zero-order valence-corrected chi connectivity index (χ0v) is 13.6. The van der Waals surface area contributed by atoms with Crippen LogP contribution in [0.3, 0.4) is 0 Å². The second kappa shape index (κ2) is 12.4. The Balaban J connectivity index is 4.90. The van der Waals surface area contributed by atoms with Crippen molar-refractivity contribution in [3.63, 3.8) is 0 Å². The van der Waals surface area contributed by atoms with Crippen molar-refractivity contribution >= 4 is 6.09 Å². The zero-order valence-electron chi connectivity index (χ0n) is 13.6. The van der Waals surface area contributed by atoms with Crippen LogP contribution >= 0.6 is 0 Å². The first-order valence-electron chi connectivity index (χ1n) is 6.82. The van der Waals surface area contributed by atoms with Gasteiger partial charge in [0.2, 0.25) is 0 Å². The molecule has 0 aromatic carbocycles. The number of nitrogens with one attached hydrogen (secondary N) is 1. The summed E-state index contributed by atoms with van der Waals surface area (Å²) in [6.07, 6.45) is -1.49. The lowest BCUT2D eigenvalue weighted by atomic mass is 10.0. The molecule has 0 aliphatic heterocycles. The Kier molecular flexibility index (Phi) is 11.7. The van der Waals surface area contributed by atoms with Crippen LogP contribution in [0.15, 0.2) is 12.7 Å². The van der Waals surface area contributed by atoms with Crippen LogP contribution in [0, 0.1) is 0 Å².